The second kappa shape index (κ2) is 5.36. The van der Waals surface area contributed by atoms with Gasteiger partial charge in [0.2, 0.25) is 5.91 Å². The standard InChI is InChI=1S/C17H18N4O3/c1-10-7-11-3-6-13(24-2)8-14(11)21-16(10)19-20(17(21)23)9-15(22)18-12-4-5-12/h3,6-8,12H,4-5,9H2,1-2H3,(H,18,22). The molecule has 1 N–H and O–H groups in total. The summed E-state index contributed by atoms with van der Waals surface area (Å²) in [4.78, 5) is 24.8. The van der Waals surface area contributed by atoms with Crippen molar-refractivity contribution in [1.29, 1.82) is 0 Å². The largest absolute Gasteiger partial charge is 0.497 e. The molecule has 24 heavy (non-hydrogen) atoms. The number of benzene rings is 1. The van der Waals surface area contributed by atoms with Crippen molar-refractivity contribution in [2.45, 2.75) is 32.4 Å². The number of ether oxygens (including phenoxy) is 1. The van der Waals surface area contributed by atoms with Crippen molar-refractivity contribution in [2.24, 2.45) is 0 Å². The van der Waals surface area contributed by atoms with Crippen molar-refractivity contribution < 1.29 is 9.53 Å². The van der Waals surface area contributed by atoms with E-state index in [0.717, 1.165) is 23.8 Å². The number of amides is 1. The molecule has 0 spiro atoms. The van der Waals surface area contributed by atoms with Gasteiger partial charge in [0.25, 0.3) is 0 Å². The van der Waals surface area contributed by atoms with E-state index in [0.29, 0.717) is 16.9 Å². The van der Waals surface area contributed by atoms with Gasteiger partial charge in [0.15, 0.2) is 5.65 Å². The lowest BCUT2D eigenvalue weighted by Crippen LogP contribution is -2.33. The van der Waals surface area contributed by atoms with Gasteiger partial charge < -0.3 is 10.1 Å². The van der Waals surface area contributed by atoms with Crippen LogP contribution in [0.4, 0.5) is 0 Å². The summed E-state index contributed by atoms with van der Waals surface area (Å²) in [6.07, 6.45) is 2.02. The van der Waals surface area contributed by atoms with Gasteiger partial charge >= 0.3 is 5.69 Å². The molecular weight excluding hydrogens is 308 g/mol. The van der Waals surface area contributed by atoms with Crippen molar-refractivity contribution in [3.8, 4) is 5.75 Å². The monoisotopic (exact) mass is 326 g/mol. The molecule has 0 atom stereocenters. The van der Waals surface area contributed by atoms with Crippen LogP contribution in [0.2, 0.25) is 0 Å². The van der Waals surface area contributed by atoms with Crippen LogP contribution < -0.4 is 15.7 Å². The van der Waals surface area contributed by atoms with Crippen LogP contribution in [0.1, 0.15) is 18.4 Å². The zero-order valence-corrected chi connectivity index (χ0v) is 13.6. The van der Waals surface area contributed by atoms with E-state index in [4.69, 9.17) is 4.74 Å². The van der Waals surface area contributed by atoms with Crippen LogP contribution in [0.3, 0.4) is 0 Å². The fraction of sp³-hybridized carbons (Fsp3) is 0.353. The Morgan fingerprint density at radius 1 is 1.38 bits per heavy atom. The van der Waals surface area contributed by atoms with Crippen molar-refractivity contribution >= 4 is 22.5 Å². The summed E-state index contributed by atoms with van der Waals surface area (Å²) in [5.74, 6) is 0.487. The zero-order valence-electron chi connectivity index (χ0n) is 13.6. The highest BCUT2D eigenvalue weighted by molar-refractivity contribution is 5.84. The van der Waals surface area contributed by atoms with E-state index in [1.807, 2.05) is 25.1 Å². The quantitative estimate of drug-likeness (QED) is 0.782. The van der Waals surface area contributed by atoms with Gasteiger partial charge in [-0.05, 0) is 48.9 Å². The van der Waals surface area contributed by atoms with E-state index in [1.54, 1.807) is 13.2 Å². The number of rotatable bonds is 4. The number of carbonyl (C=O) groups is 1. The molecule has 1 aromatic carbocycles. The molecule has 0 radical (unpaired) electrons. The van der Waals surface area contributed by atoms with Crippen LogP contribution in [-0.2, 0) is 11.3 Å². The summed E-state index contributed by atoms with van der Waals surface area (Å²) < 4.78 is 8.02. The topological polar surface area (TPSA) is 77.6 Å². The highest BCUT2D eigenvalue weighted by Gasteiger charge is 2.24. The van der Waals surface area contributed by atoms with E-state index in [2.05, 4.69) is 10.4 Å². The van der Waals surface area contributed by atoms with Crippen molar-refractivity contribution in [3.63, 3.8) is 0 Å². The average Bonchev–Trinajstić information content (AvgIpc) is 3.31. The first kappa shape index (κ1) is 14.7. The lowest BCUT2D eigenvalue weighted by molar-refractivity contribution is -0.122. The van der Waals surface area contributed by atoms with Crippen molar-refractivity contribution in [2.75, 3.05) is 7.11 Å². The first-order valence-corrected chi connectivity index (χ1v) is 7.93. The molecule has 1 fully saturated rings. The fourth-order valence-electron chi connectivity index (χ4n) is 2.88. The number of carbonyl (C=O) groups excluding carboxylic acids is 1. The molecule has 0 unspecified atom stereocenters. The maximum atomic E-state index is 12.8. The minimum absolute atomic E-state index is 0.0675. The Balaban J connectivity index is 1.86. The molecule has 2 heterocycles. The normalized spacial score (nSPS) is 14.2. The van der Waals surface area contributed by atoms with Gasteiger partial charge in [-0.3, -0.25) is 4.79 Å². The molecule has 0 bridgehead atoms. The van der Waals surface area contributed by atoms with Crippen LogP contribution in [-0.4, -0.2) is 33.2 Å². The minimum Gasteiger partial charge on any atom is -0.497 e. The van der Waals surface area contributed by atoms with E-state index < -0.39 is 0 Å². The molecule has 2 aromatic heterocycles. The Kier molecular flexibility index (Phi) is 3.30. The number of pyridine rings is 1. The number of hydrogen-bond acceptors (Lipinski definition) is 4. The molecule has 3 aromatic rings. The number of fused-ring (bicyclic) bond motifs is 3. The fourth-order valence-corrected chi connectivity index (χ4v) is 2.88. The number of nitrogens with zero attached hydrogens (tertiary/aromatic N) is 3. The molecule has 1 aliphatic rings. The van der Waals surface area contributed by atoms with Crippen LogP contribution in [0.15, 0.2) is 29.1 Å². The summed E-state index contributed by atoms with van der Waals surface area (Å²) in [6, 6.07) is 7.80. The van der Waals surface area contributed by atoms with Gasteiger partial charge in [-0.25, -0.2) is 13.9 Å². The SMILES string of the molecule is COc1ccc2cc(C)c3nn(CC(=O)NC4CC4)c(=O)n3c2c1. The summed E-state index contributed by atoms with van der Waals surface area (Å²) >= 11 is 0. The number of aromatic nitrogens is 3. The Morgan fingerprint density at radius 2 is 2.17 bits per heavy atom. The summed E-state index contributed by atoms with van der Waals surface area (Å²) in [6.45, 7) is 1.84. The minimum atomic E-state index is -0.321. The van der Waals surface area contributed by atoms with Gasteiger partial charge in [0.1, 0.15) is 12.3 Å². The summed E-state index contributed by atoms with van der Waals surface area (Å²) in [5, 5.41) is 8.15. The molecule has 1 amide bonds. The highest BCUT2D eigenvalue weighted by atomic mass is 16.5. The number of hydrogen-bond donors (Lipinski definition) is 1. The third kappa shape index (κ3) is 2.42. The molecule has 1 aliphatic carbocycles. The predicted octanol–water partition coefficient (Wildman–Crippen LogP) is 1.24. The summed E-state index contributed by atoms with van der Waals surface area (Å²) in [5.41, 5.74) is 1.83. The zero-order chi connectivity index (χ0) is 16.8. The highest BCUT2D eigenvalue weighted by Crippen LogP contribution is 2.23. The Hall–Kier alpha value is -2.83. The van der Waals surface area contributed by atoms with Gasteiger partial charge in [-0.2, -0.15) is 0 Å². The van der Waals surface area contributed by atoms with E-state index >= 15 is 0 Å². The van der Waals surface area contributed by atoms with Crippen molar-refractivity contribution in [3.05, 3.63) is 40.3 Å². The summed E-state index contributed by atoms with van der Waals surface area (Å²) in [7, 11) is 1.58. The van der Waals surface area contributed by atoms with Crippen molar-refractivity contribution in [1.82, 2.24) is 19.5 Å². The maximum absolute atomic E-state index is 12.8. The molecule has 4 rings (SSSR count). The van der Waals surface area contributed by atoms with Gasteiger partial charge in [0.05, 0.1) is 12.6 Å². The molecule has 1 saturated carbocycles. The number of aryl methyl sites for hydroxylation is 1. The van der Waals surface area contributed by atoms with Crippen LogP contribution in [0.5, 0.6) is 5.75 Å². The Labute approximate surface area is 137 Å². The first-order valence-electron chi connectivity index (χ1n) is 7.93. The van der Waals surface area contributed by atoms with Gasteiger partial charge in [-0.15, -0.1) is 5.10 Å². The molecule has 7 nitrogen and oxygen atoms in total. The molecule has 124 valence electrons. The second-order valence-corrected chi connectivity index (χ2v) is 6.19. The molecule has 0 aliphatic heterocycles. The van der Waals surface area contributed by atoms with Crippen LogP contribution >= 0.6 is 0 Å². The number of methoxy groups -OCH3 is 1. The molecular formula is C17H18N4O3. The second-order valence-electron chi connectivity index (χ2n) is 6.19. The van der Waals surface area contributed by atoms with Gasteiger partial charge in [-0.1, -0.05) is 0 Å². The Morgan fingerprint density at radius 3 is 2.88 bits per heavy atom. The van der Waals surface area contributed by atoms with Crippen LogP contribution in [0, 0.1) is 6.92 Å². The van der Waals surface area contributed by atoms with E-state index in [1.165, 1.54) is 9.08 Å². The third-order valence-corrected chi connectivity index (χ3v) is 4.28. The predicted molar refractivity (Wildman–Crippen MR) is 89.4 cm³/mol. The van der Waals surface area contributed by atoms with E-state index in [-0.39, 0.29) is 24.2 Å². The smallest absolute Gasteiger partial charge is 0.351 e. The maximum Gasteiger partial charge on any atom is 0.351 e. The lowest BCUT2D eigenvalue weighted by Gasteiger charge is -2.05. The van der Waals surface area contributed by atoms with E-state index in [9.17, 15) is 9.59 Å². The lowest BCUT2D eigenvalue weighted by atomic mass is 10.1. The Bertz CT molecular complexity index is 1010. The molecule has 0 saturated heterocycles. The average molecular weight is 326 g/mol. The number of nitrogens with one attached hydrogen (secondary N) is 1. The first-order chi connectivity index (χ1) is 11.6. The van der Waals surface area contributed by atoms with Crippen LogP contribution in [0.25, 0.3) is 16.6 Å². The van der Waals surface area contributed by atoms with Gasteiger partial charge in [0, 0.05) is 12.1 Å². The third-order valence-electron chi connectivity index (χ3n) is 4.28. The molecule has 7 heteroatoms.